The van der Waals surface area contributed by atoms with Crippen LogP contribution in [0.15, 0.2) is 84.3 Å². The number of carbonyl (C=O) groups is 1. The lowest BCUT2D eigenvalue weighted by molar-refractivity contribution is -0.113. The molecule has 1 atom stereocenters. The lowest BCUT2D eigenvalue weighted by atomic mass is 9.96. The number of aromatic nitrogens is 4. The van der Waals surface area contributed by atoms with Crippen molar-refractivity contribution in [3.05, 3.63) is 95.5 Å². The summed E-state index contributed by atoms with van der Waals surface area (Å²) < 4.78 is 7.17. The average molecular weight is 453 g/mol. The summed E-state index contributed by atoms with van der Waals surface area (Å²) in [5.74, 6) is 1.49. The molecule has 0 spiro atoms. The van der Waals surface area contributed by atoms with E-state index < -0.39 is 6.04 Å². The lowest BCUT2D eigenvalue weighted by Crippen LogP contribution is -2.31. The van der Waals surface area contributed by atoms with E-state index in [4.69, 9.17) is 14.8 Å². The topological polar surface area (TPSA) is 94.0 Å². The van der Waals surface area contributed by atoms with Crippen LogP contribution in [-0.2, 0) is 4.79 Å². The Kier molecular flexibility index (Phi) is 5.55. The molecule has 0 saturated heterocycles. The summed E-state index contributed by atoms with van der Waals surface area (Å²) in [6.07, 6.45) is 3.42. The van der Waals surface area contributed by atoms with Gasteiger partial charge in [-0.2, -0.15) is 4.98 Å². The maximum atomic E-state index is 13.6. The highest BCUT2D eigenvalue weighted by Gasteiger charge is 2.34. The van der Waals surface area contributed by atoms with Gasteiger partial charge in [-0.25, -0.2) is 4.68 Å². The van der Waals surface area contributed by atoms with Crippen LogP contribution in [0, 0.1) is 6.92 Å². The fourth-order valence-corrected chi connectivity index (χ4v) is 4.06. The van der Waals surface area contributed by atoms with Gasteiger partial charge in [0, 0.05) is 23.7 Å². The first-order chi connectivity index (χ1) is 16.5. The van der Waals surface area contributed by atoms with E-state index in [1.54, 1.807) is 36.3 Å². The first-order valence-electron chi connectivity index (χ1n) is 10.9. The number of aryl methyl sites for hydroxylation is 1. The minimum atomic E-state index is -0.486. The van der Waals surface area contributed by atoms with Crippen LogP contribution in [0.25, 0.3) is 11.4 Å². The van der Waals surface area contributed by atoms with Crippen molar-refractivity contribution in [1.29, 1.82) is 0 Å². The van der Waals surface area contributed by atoms with E-state index in [-0.39, 0.29) is 5.91 Å². The number of anilines is 2. The maximum absolute atomic E-state index is 13.6. The molecule has 1 aliphatic rings. The molecule has 8 nitrogen and oxygen atoms in total. The van der Waals surface area contributed by atoms with Crippen molar-refractivity contribution in [1.82, 2.24) is 19.7 Å². The van der Waals surface area contributed by atoms with Crippen LogP contribution in [0.4, 0.5) is 11.6 Å². The van der Waals surface area contributed by atoms with Crippen LogP contribution in [-0.4, -0.2) is 32.8 Å². The molecular formula is C26H24N6O2. The zero-order chi connectivity index (χ0) is 23.7. The number of amides is 1. The minimum absolute atomic E-state index is 0.255. The fraction of sp³-hybridized carbons (Fsp3) is 0.154. The van der Waals surface area contributed by atoms with Crippen molar-refractivity contribution in [3.63, 3.8) is 0 Å². The van der Waals surface area contributed by atoms with Crippen LogP contribution in [0.5, 0.6) is 5.75 Å². The van der Waals surface area contributed by atoms with Gasteiger partial charge in [0.15, 0.2) is 5.82 Å². The predicted octanol–water partition coefficient (Wildman–Crippen LogP) is 4.58. The van der Waals surface area contributed by atoms with E-state index in [1.807, 2.05) is 62.4 Å². The maximum Gasteiger partial charge on any atom is 0.255 e. The number of ether oxygens (including phenoxy) is 1. The number of pyridine rings is 1. The third kappa shape index (κ3) is 3.90. The summed E-state index contributed by atoms with van der Waals surface area (Å²) in [6.45, 7) is 3.91. The molecule has 2 aromatic carbocycles. The van der Waals surface area contributed by atoms with E-state index in [9.17, 15) is 4.79 Å². The highest BCUT2D eigenvalue weighted by molar-refractivity contribution is 6.06. The SMILES string of the molecule is COc1ccccc1NC(=O)C1=C(C)Nc2nc(-c3ccc(C)cc3)nn2C1c1ccncc1. The molecule has 5 rings (SSSR count). The second-order valence-corrected chi connectivity index (χ2v) is 8.07. The summed E-state index contributed by atoms with van der Waals surface area (Å²) in [5.41, 5.74) is 4.76. The standard InChI is InChI=1S/C26H24N6O2/c1-16-8-10-19(11-9-16)24-30-26-28-17(2)22(23(32(26)31-24)18-12-14-27-15-13-18)25(33)29-20-6-4-5-7-21(20)34-3/h4-15,23H,1-3H3,(H,29,33)(H,28,30,31). The van der Waals surface area contributed by atoms with Crippen LogP contribution in [0.3, 0.4) is 0 Å². The molecule has 0 bridgehead atoms. The van der Waals surface area contributed by atoms with Gasteiger partial charge in [-0.1, -0.05) is 42.0 Å². The van der Waals surface area contributed by atoms with Crippen LogP contribution >= 0.6 is 0 Å². The van der Waals surface area contributed by atoms with E-state index in [1.165, 1.54) is 0 Å². The van der Waals surface area contributed by atoms with Gasteiger partial charge in [-0.3, -0.25) is 9.78 Å². The Morgan fingerprint density at radius 2 is 1.76 bits per heavy atom. The van der Waals surface area contributed by atoms with E-state index in [0.717, 1.165) is 16.7 Å². The molecule has 0 fully saturated rings. The van der Waals surface area contributed by atoms with Gasteiger partial charge in [-0.15, -0.1) is 5.10 Å². The van der Waals surface area contributed by atoms with Gasteiger partial charge in [-0.05, 0) is 43.7 Å². The van der Waals surface area contributed by atoms with Gasteiger partial charge < -0.3 is 15.4 Å². The van der Waals surface area contributed by atoms with Gasteiger partial charge in [0.2, 0.25) is 5.95 Å². The number of benzene rings is 2. The van der Waals surface area contributed by atoms with Gasteiger partial charge in [0.05, 0.1) is 18.4 Å². The van der Waals surface area contributed by atoms with E-state index in [2.05, 4.69) is 15.6 Å². The molecule has 2 aromatic heterocycles. The molecule has 34 heavy (non-hydrogen) atoms. The van der Waals surface area contributed by atoms with Crippen LogP contribution in [0.1, 0.15) is 24.1 Å². The fourth-order valence-electron chi connectivity index (χ4n) is 4.06. The summed E-state index contributed by atoms with van der Waals surface area (Å²) in [7, 11) is 1.58. The number of allylic oxidation sites excluding steroid dienone is 1. The highest BCUT2D eigenvalue weighted by Crippen LogP contribution is 2.37. The zero-order valence-corrected chi connectivity index (χ0v) is 19.1. The third-order valence-electron chi connectivity index (χ3n) is 5.78. The monoisotopic (exact) mass is 452 g/mol. The van der Waals surface area contributed by atoms with E-state index >= 15 is 0 Å². The molecule has 0 radical (unpaired) electrons. The number of hydrogen-bond acceptors (Lipinski definition) is 6. The molecule has 2 N–H and O–H groups in total. The Hall–Kier alpha value is -4.46. The number of nitrogens with zero attached hydrogens (tertiary/aromatic N) is 4. The van der Waals surface area contributed by atoms with Gasteiger partial charge in [0.1, 0.15) is 11.8 Å². The quantitative estimate of drug-likeness (QED) is 0.460. The van der Waals surface area contributed by atoms with Gasteiger partial charge >= 0.3 is 0 Å². The summed E-state index contributed by atoms with van der Waals surface area (Å²) >= 11 is 0. The molecular weight excluding hydrogens is 428 g/mol. The summed E-state index contributed by atoms with van der Waals surface area (Å²) in [4.78, 5) is 22.5. The van der Waals surface area contributed by atoms with Crippen molar-refractivity contribution in [2.45, 2.75) is 19.9 Å². The van der Waals surface area contributed by atoms with Gasteiger partial charge in [0.25, 0.3) is 5.91 Å². The average Bonchev–Trinajstić information content (AvgIpc) is 3.28. The van der Waals surface area contributed by atoms with Crippen molar-refractivity contribution < 1.29 is 9.53 Å². The molecule has 1 aliphatic heterocycles. The van der Waals surface area contributed by atoms with Crippen molar-refractivity contribution in [3.8, 4) is 17.1 Å². The minimum Gasteiger partial charge on any atom is -0.495 e. The number of carbonyl (C=O) groups excluding carboxylic acids is 1. The number of fused-ring (bicyclic) bond motifs is 1. The van der Waals surface area contributed by atoms with Crippen molar-refractivity contribution in [2.24, 2.45) is 0 Å². The largest absolute Gasteiger partial charge is 0.495 e. The second kappa shape index (κ2) is 8.82. The summed E-state index contributed by atoms with van der Waals surface area (Å²) in [5, 5.41) is 11.1. The molecule has 1 amide bonds. The number of hydrogen-bond donors (Lipinski definition) is 2. The predicted molar refractivity (Wildman–Crippen MR) is 131 cm³/mol. The molecule has 4 aromatic rings. The number of nitrogens with one attached hydrogen (secondary N) is 2. The molecule has 0 aliphatic carbocycles. The third-order valence-corrected chi connectivity index (χ3v) is 5.78. The molecule has 1 unspecified atom stereocenters. The Balaban J connectivity index is 1.58. The lowest BCUT2D eigenvalue weighted by Gasteiger charge is -2.28. The van der Waals surface area contributed by atoms with Crippen molar-refractivity contribution in [2.75, 3.05) is 17.7 Å². The van der Waals surface area contributed by atoms with Crippen molar-refractivity contribution >= 4 is 17.5 Å². The van der Waals surface area contributed by atoms with E-state index in [0.29, 0.717) is 34.5 Å². The normalized spacial score (nSPS) is 14.9. The highest BCUT2D eigenvalue weighted by atomic mass is 16.5. The van der Waals surface area contributed by atoms with Crippen LogP contribution < -0.4 is 15.4 Å². The zero-order valence-electron chi connectivity index (χ0n) is 19.1. The first kappa shape index (κ1) is 21.4. The molecule has 170 valence electrons. The smallest absolute Gasteiger partial charge is 0.255 e. The number of rotatable bonds is 5. The second-order valence-electron chi connectivity index (χ2n) is 8.07. The summed E-state index contributed by atoms with van der Waals surface area (Å²) in [6, 6.07) is 18.6. The molecule has 3 heterocycles. The Morgan fingerprint density at radius 1 is 1.03 bits per heavy atom. The first-order valence-corrected chi connectivity index (χ1v) is 10.9. The Bertz CT molecular complexity index is 1380. The Labute approximate surface area is 197 Å². The number of para-hydroxylation sites is 2. The molecule has 0 saturated carbocycles. The number of methoxy groups -OCH3 is 1. The Morgan fingerprint density at radius 3 is 2.50 bits per heavy atom. The van der Waals surface area contributed by atoms with Crippen LogP contribution in [0.2, 0.25) is 0 Å². The molecule has 8 heteroatoms.